The third kappa shape index (κ3) is 3.42. The SMILES string of the molecule is C=Cc1ccc(Cn2nc3n(CCC(C)C)c(=O)c4ccccc4n3c2=O)cc1. The topological polar surface area (TPSA) is 61.3 Å². The molecule has 0 amide bonds. The molecule has 0 aliphatic carbocycles. The average Bonchev–Trinajstić information content (AvgIpc) is 3.04. The third-order valence-corrected chi connectivity index (χ3v) is 5.16. The number of para-hydroxylation sites is 1. The van der Waals surface area contributed by atoms with E-state index in [2.05, 4.69) is 25.5 Å². The summed E-state index contributed by atoms with van der Waals surface area (Å²) in [5.74, 6) is 0.827. The number of aryl methyl sites for hydroxylation is 1. The van der Waals surface area contributed by atoms with Gasteiger partial charge in [-0.1, -0.05) is 62.9 Å². The Labute approximate surface area is 168 Å². The Morgan fingerprint density at radius 2 is 1.79 bits per heavy atom. The van der Waals surface area contributed by atoms with Gasteiger partial charge in [-0.05, 0) is 35.6 Å². The fraction of sp³-hybridized carbons (Fsp3) is 0.261. The quantitative estimate of drug-likeness (QED) is 0.507. The van der Waals surface area contributed by atoms with Crippen LogP contribution in [0.1, 0.15) is 31.4 Å². The molecule has 2 aromatic carbocycles. The van der Waals surface area contributed by atoms with Gasteiger partial charge in [0, 0.05) is 6.54 Å². The average molecular weight is 388 g/mol. The van der Waals surface area contributed by atoms with E-state index in [-0.39, 0.29) is 11.2 Å². The summed E-state index contributed by atoms with van der Waals surface area (Å²) in [5, 5.41) is 5.08. The fourth-order valence-corrected chi connectivity index (χ4v) is 3.49. The van der Waals surface area contributed by atoms with Crippen LogP contribution in [0.5, 0.6) is 0 Å². The highest BCUT2D eigenvalue weighted by atomic mass is 16.2. The molecule has 148 valence electrons. The van der Waals surface area contributed by atoms with Gasteiger partial charge in [0.15, 0.2) is 0 Å². The Bertz CT molecular complexity index is 1310. The molecule has 6 heteroatoms. The molecule has 0 spiro atoms. The van der Waals surface area contributed by atoms with E-state index in [9.17, 15) is 9.59 Å². The lowest BCUT2D eigenvalue weighted by Crippen LogP contribution is -2.27. The van der Waals surface area contributed by atoms with Crippen molar-refractivity contribution in [3.8, 4) is 0 Å². The maximum absolute atomic E-state index is 13.2. The fourth-order valence-electron chi connectivity index (χ4n) is 3.49. The highest BCUT2D eigenvalue weighted by molar-refractivity contribution is 5.80. The third-order valence-electron chi connectivity index (χ3n) is 5.16. The van der Waals surface area contributed by atoms with Gasteiger partial charge >= 0.3 is 5.69 Å². The van der Waals surface area contributed by atoms with Gasteiger partial charge in [-0.3, -0.25) is 9.36 Å². The molecule has 2 heterocycles. The minimum absolute atomic E-state index is 0.110. The molecule has 0 aliphatic heterocycles. The monoisotopic (exact) mass is 388 g/mol. The van der Waals surface area contributed by atoms with Crippen molar-refractivity contribution in [2.75, 3.05) is 0 Å². The van der Waals surface area contributed by atoms with E-state index < -0.39 is 0 Å². The highest BCUT2D eigenvalue weighted by Crippen LogP contribution is 2.13. The van der Waals surface area contributed by atoms with Gasteiger partial charge in [0.05, 0.1) is 17.4 Å². The Hall–Kier alpha value is -3.41. The molecule has 4 rings (SSSR count). The Kier molecular flexibility index (Phi) is 4.92. The lowest BCUT2D eigenvalue weighted by atomic mass is 10.1. The second-order valence-electron chi connectivity index (χ2n) is 7.68. The summed E-state index contributed by atoms with van der Waals surface area (Å²) in [5.41, 5.74) is 2.21. The summed E-state index contributed by atoms with van der Waals surface area (Å²) in [6, 6.07) is 15.0. The minimum atomic E-state index is -0.248. The number of aromatic nitrogens is 4. The van der Waals surface area contributed by atoms with E-state index >= 15 is 0 Å². The Morgan fingerprint density at radius 1 is 1.07 bits per heavy atom. The number of nitrogens with zero attached hydrogens (tertiary/aromatic N) is 4. The maximum atomic E-state index is 13.2. The van der Waals surface area contributed by atoms with E-state index in [1.165, 1.54) is 4.68 Å². The van der Waals surface area contributed by atoms with E-state index in [0.29, 0.717) is 35.7 Å². The molecule has 0 saturated carbocycles. The van der Waals surface area contributed by atoms with Crippen molar-refractivity contribution in [2.24, 2.45) is 5.92 Å². The van der Waals surface area contributed by atoms with Crippen LogP contribution in [-0.2, 0) is 13.1 Å². The van der Waals surface area contributed by atoms with E-state index in [0.717, 1.165) is 17.5 Å². The number of benzene rings is 2. The van der Waals surface area contributed by atoms with Crippen molar-refractivity contribution in [2.45, 2.75) is 33.4 Å². The van der Waals surface area contributed by atoms with Crippen LogP contribution in [0.25, 0.3) is 22.8 Å². The number of fused-ring (bicyclic) bond motifs is 3. The number of hydrogen-bond donors (Lipinski definition) is 0. The highest BCUT2D eigenvalue weighted by Gasteiger charge is 2.17. The smallest absolute Gasteiger partial charge is 0.276 e. The molecule has 4 aromatic rings. The van der Waals surface area contributed by atoms with Gasteiger partial charge in [-0.15, -0.1) is 5.10 Å². The van der Waals surface area contributed by atoms with E-state index in [1.807, 2.05) is 36.4 Å². The molecule has 0 bridgehead atoms. The van der Waals surface area contributed by atoms with Crippen molar-refractivity contribution in [1.29, 1.82) is 0 Å². The second kappa shape index (κ2) is 7.54. The van der Waals surface area contributed by atoms with Gasteiger partial charge in [-0.25, -0.2) is 13.9 Å². The van der Waals surface area contributed by atoms with Gasteiger partial charge in [-0.2, -0.15) is 0 Å². The molecule has 29 heavy (non-hydrogen) atoms. The molecule has 0 aliphatic rings. The van der Waals surface area contributed by atoms with Crippen molar-refractivity contribution in [1.82, 2.24) is 18.7 Å². The summed E-state index contributed by atoms with van der Waals surface area (Å²) in [7, 11) is 0. The van der Waals surface area contributed by atoms with Crippen LogP contribution in [-0.4, -0.2) is 18.7 Å². The van der Waals surface area contributed by atoms with Crippen LogP contribution in [0.15, 0.2) is 64.7 Å². The lowest BCUT2D eigenvalue weighted by molar-refractivity contribution is 0.511. The molecule has 0 saturated heterocycles. The van der Waals surface area contributed by atoms with Crippen LogP contribution in [0.4, 0.5) is 0 Å². The van der Waals surface area contributed by atoms with Crippen LogP contribution >= 0.6 is 0 Å². The molecule has 0 fully saturated rings. The first-order valence-electron chi connectivity index (χ1n) is 9.82. The van der Waals surface area contributed by atoms with Crippen LogP contribution in [0, 0.1) is 5.92 Å². The minimum Gasteiger partial charge on any atom is -0.276 e. The van der Waals surface area contributed by atoms with Crippen LogP contribution in [0.3, 0.4) is 0 Å². The zero-order valence-electron chi connectivity index (χ0n) is 16.7. The zero-order valence-corrected chi connectivity index (χ0v) is 16.7. The molecule has 0 radical (unpaired) electrons. The van der Waals surface area contributed by atoms with Crippen molar-refractivity contribution in [3.05, 3.63) is 87.1 Å². The van der Waals surface area contributed by atoms with E-state index in [4.69, 9.17) is 0 Å². The molecule has 0 unspecified atom stereocenters. The summed E-state index contributed by atoms with van der Waals surface area (Å²) in [6.07, 6.45) is 2.61. The number of hydrogen-bond acceptors (Lipinski definition) is 3. The van der Waals surface area contributed by atoms with Gasteiger partial charge in [0.25, 0.3) is 5.56 Å². The van der Waals surface area contributed by atoms with Crippen molar-refractivity contribution >= 4 is 22.8 Å². The predicted octanol–water partition coefficient (Wildman–Crippen LogP) is 3.55. The Balaban J connectivity index is 1.91. The largest absolute Gasteiger partial charge is 0.352 e. The summed E-state index contributed by atoms with van der Waals surface area (Å²) >= 11 is 0. The molecule has 2 aromatic heterocycles. The molecular weight excluding hydrogens is 364 g/mol. The second-order valence-corrected chi connectivity index (χ2v) is 7.68. The Morgan fingerprint density at radius 3 is 2.48 bits per heavy atom. The van der Waals surface area contributed by atoms with Crippen molar-refractivity contribution < 1.29 is 0 Å². The summed E-state index contributed by atoms with van der Waals surface area (Å²) < 4.78 is 4.60. The van der Waals surface area contributed by atoms with Gasteiger partial charge < -0.3 is 0 Å². The first kappa shape index (κ1) is 18.9. The van der Waals surface area contributed by atoms with Crippen LogP contribution in [0.2, 0.25) is 0 Å². The van der Waals surface area contributed by atoms with Gasteiger partial charge in [0.1, 0.15) is 0 Å². The molecular formula is C23H24N4O2. The first-order valence-corrected chi connectivity index (χ1v) is 9.82. The standard InChI is InChI=1S/C23H24N4O2/c1-4-17-9-11-18(12-10-17)15-26-23(29)27-20-8-6-5-7-19(20)21(28)25(22(27)24-26)14-13-16(2)3/h4-12,16H,1,13-15H2,2-3H3. The van der Waals surface area contributed by atoms with E-state index in [1.54, 1.807) is 27.2 Å². The molecule has 6 nitrogen and oxygen atoms in total. The maximum Gasteiger partial charge on any atom is 0.352 e. The van der Waals surface area contributed by atoms with Crippen LogP contribution < -0.4 is 11.2 Å². The van der Waals surface area contributed by atoms with Gasteiger partial charge in [0.2, 0.25) is 5.78 Å². The number of rotatable bonds is 6. The lowest BCUT2D eigenvalue weighted by Gasteiger charge is -2.10. The normalized spacial score (nSPS) is 11.6. The predicted molar refractivity (Wildman–Crippen MR) is 116 cm³/mol. The van der Waals surface area contributed by atoms with Crippen molar-refractivity contribution in [3.63, 3.8) is 0 Å². The zero-order chi connectivity index (χ0) is 20.5. The summed E-state index contributed by atoms with van der Waals surface area (Å²) in [6.45, 7) is 8.85. The first-order chi connectivity index (χ1) is 14.0. The molecule has 0 atom stereocenters. The summed E-state index contributed by atoms with van der Waals surface area (Å²) in [4.78, 5) is 26.3. The molecule has 0 N–H and O–H groups in total.